The Bertz CT molecular complexity index is 817. The molecule has 2 saturated heterocycles. The number of likely N-dealkylation sites (tertiary alicyclic amines) is 1. The molecule has 0 saturated carbocycles. The Kier molecular flexibility index (Phi) is 5.49. The molecule has 156 valence electrons. The Morgan fingerprint density at radius 2 is 1.72 bits per heavy atom. The van der Waals surface area contributed by atoms with Gasteiger partial charge >= 0.3 is 12.2 Å². The molecule has 2 aliphatic rings. The Balaban J connectivity index is 1.56. The Morgan fingerprint density at radius 3 is 2.34 bits per heavy atom. The molecule has 29 heavy (non-hydrogen) atoms. The lowest BCUT2D eigenvalue weighted by molar-refractivity contribution is -0.137. The number of carbonyl (C=O) groups is 1. The lowest BCUT2D eigenvalue weighted by Crippen LogP contribution is -2.52. The molecule has 2 unspecified atom stereocenters. The van der Waals surface area contributed by atoms with Gasteiger partial charge in [-0.2, -0.15) is 18.3 Å². The van der Waals surface area contributed by atoms with Gasteiger partial charge in [0.1, 0.15) is 0 Å². The van der Waals surface area contributed by atoms with E-state index in [1.807, 2.05) is 11.0 Å². The van der Waals surface area contributed by atoms with Gasteiger partial charge in [0.05, 0.1) is 18.8 Å². The van der Waals surface area contributed by atoms with E-state index in [0.29, 0.717) is 39.4 Å². The van der Waals surface area contributed by atoms with Crippen molar-refractivity contribution in [3.63, 3.8) is 0 Å². The maximum atomic E-state index is 13.1. The zero-order valence-corrected chi connectivity index (χ0v) is 15.9. The summed E-state index contributed by atoms with van der Waals surface area (Å²) in [6.07, 6.45) is -1.95. The van der Waals surface area contributed by atoms with Crippen LogP contribution in [0.3, 0.4) is 0 Å². The molecule has 1 N–H and O–H groups in total. The van der Waals surface area contributed by atoms with Gasteiger partial charge in [0, 0.05) is 49.9 Å². The molecule has 2 aliphatic heterocycles. The van der Waals surface area contributed by atoms with Crippen LogP contribution in [0.4, 0.5) is 18.0 Å². The first-order chi connectivity index (χ1) is 13.9. The molecule has 1 aromatic carbocycles. The third-order valence-corrected chi connectivity index (χ3v) is 5.67. The number of aromatic amines is 1. The largest absolute Gasteiger partial charge is 0.416 e. The van der Waals surface area contributed by atoms with Crippen molar-refractivity contribution < 1.29 is 22.7 Å². The number of piperidine rings is 1. The normalized spacial score (nSPS) is 23.3. The molecular weight excluding hydrogens is 385 g/mol. The summed E-state index contributed by atoms with van der Waals surface area (Å²) in [6.45, 7) is 3.17. The minimum absolute atomic E-state index is 0.0449. The maximum Gasteiger partial charge on any atom is 0.416 e. The molecule has 0 aliphatic carbocycles. The second-order valence-corrected chi connectivity index (χ2v) is 7.55. The summed E-state index contributed by atoms with van der Waals surface area (Å²) >= 11 is 0. The highest BCUT2D eigenvalue weighted by molar-refractivity contribution is 5.75. The van der Waals surface area contributed by atoms with E-state index in [0.717, 1.165) is 29.8 Å². The number of urea groups is 1. The molecule has 3 heterocycles. The number of alkyl halides is 3. The van der Waals surface area contributed by atoms with Crippen molar-refractivity contribution in [3.8, 4) is 0 Å². The zero-order valence-electron chi connectivity index (χ0n) is 15.9. The monoisotopic (exact) mass is 408 g/mol. The maximum absolute atomic E-state index is 13.1. The number of benzene rings is 1. The van der Waals surface area contributed by atoms with Gasteiger partial charge < -0.3 is 14.5 Å². The summed E-state index contributed by atoms with van der Waals surface area (Å²) < 4.78 is 44.0. The SMILES string of the molecule is O=C(N1CCOCC1)N1CC(c2ccc(C(F)(F)F)cc2)CC(c2ccn[nH]2)C1. The second kappa shape index (κ2) is 8.06. The lowest BCUT2D eigenvalue weighted by Gasteiger charge is -2.41. The number of nitrogens with one attached hydrogen (secondary N) is 1. The number of aromatic nitrogens is 2. The molecule has 2 fully saturated rings. The first-order valence-electron chi connectivity index (χ1n) is 9.70. The fourth-order valence-electron chi connectivity index (χ4n) is 4.12. The van der Waals surface area contributed by atoms with Crippen molar-refractivity contribution in [2.45, 2.75) is 24.4 Å². The van der Waals surface area contributed by atoms with E-state index in [4.69, 9.17) is 4.74 Å². The van der Waals surface area contributed by atoms with Crippen LogP contribution in [0, 0.1) is 0 Å². The number of amides is 2. The fraction of sp³-hybridized carbons (Fsp3) is 0.500. The van der Waals surface area contributed by atoms with Crippen LogP contribution in [0.2, 0.25) is 0 Å². The minimum atomic E-state index is -4.36. The molecule has 1 aromatic heterocycles. The standard InChI is InChI=1S/C20H23F3N4O2/c21-20(22,23)17-3-1-14(2-4-17)15-11-16(18-5-6-24-25-18)13-27(12-15)19(28)26-7-9-29-10-8-26/h1-6,15-16H,7-13H2,(H,24,25). The van der Waals surface area contributed by atoms with E-state index in [1.54, 1.807) is 11.1 Å². The summed E-state index contributed by atoms with van der Waals surface area (Å²) in [5.41, 5.74) is 1.08. The highest BCUT2D eigenvalue weighted by Gasteiger charge is 2.35. The first-order valence-corrected chi connectivity index (χ1v) is 9.70. The van der Waals surface area contributed by atoms with Crippen molar-refractivity contribution >= 4 is 6.03 Å². The number of hydrogen-bond acceptors (Lipinski definition) is 3. The van der Waals surface area contributed by atoms with Crippen LogP contribution in [-0.2, 0) is 10.9 Å². The summed E-state index contributed by atoms with van der Waals surface area (Å²) in [7, 11) is 0. The van der Waals surface area contributed by atoms with Crippen molar-refractivity contribution in [3.05, 3.63) is 53.3 Å². The van der Waals surface area contributed by atoms with E-state index in [-0.39, 0.29) is 17.9 Å². The average molecular weight is 408 g/mol. The van der Waals surface area contributed by atoms with E-state index >= 15 is 0 Å². The van der Waals surface area contributed by atoms with Gasteiger partial charge in [-0.3, -0.25) is 5.10 Å². The second-order valence-electron chi connectivity index (χ2n) is 7.55. The zero-order chi connectivity index (χ0) is 20.4. The summed E-state index contributed by atoms with van der Waals surface area (Å²) in [6, 6.07) is 7.12. The van der Waals surface area contributed by atoms with Gasteiger partial charge in [-0.15, -0.1) is 0 Å². The summed E-state index contributed by atoms with van der Waals surface area (Å²) in [5.74, 6) is -0.00661. The van der Waals surface area contributed by atoms with Crippen molar-refractivity contribution in [1.82, 2.24) is 20.0 Å². The highest BCUT2D eigenvalue weighted by Crippen LogP contribution is 2.37. The number of halogens is 3. The number of ether oxygens (including phenoxy) is 1. The molecule has 2 aromatic rings. The van der Waals surface area contributed by atoms with Gasteiger partial charge in [-0.1, -0.05) is 12.1 Å². The molecule has 6 nitrogen and oxygen atoms in total. The topological polar surface area (TPSA) is 61.5 Å². The number of H-pyrrole nitrogens is 1. The third kappa shape index (κ3) is 4.39. The third-order valence-electron chi connectivity index (χ3n) is 5.67. The average Bonchev–Trinajstić information content (AvgIpc) is 3.28. The Labute approximate surface area is 166 Å². The van der Waals surface area contributed by atoms with Crippen molar-refractivity contribution in [2.75, 3.05) is 39.4 Å². The quantitative estimate of drug-likeness (QED) is 0.828. The van der Waals surface area contributed by atoms with Crippen LogP contribution < -0.4 is 0 Å². The molecule has 0 spiro atoms. The number of carbonyl (C=O) groups excluding carboxylic acids is 1. The fourth-order valence-corrected chi connectivity index (χ4v) is 4.12. The van der Waals surface area contributed by atoms with Crippen molar-refractivity contribution in [1.29, 1.82) is 0 Å². The van der Waals surface area contributed by atoms with Crippen LogP contribution in [0.25, 0.3) is 0 Å². The molecule has 0 radical (unpaired) electrons. The summed E-state index contributed by atoms with van der Waals surface area (Å²) in [4.78, 5) is 16.6. The van der Waals surface area contributed by atoms with E-state index in [9.17, 15) is 18.0 Å². The van der Waals surface area contributed by atoms with Gasteiger partial charge in [0.25, 0.3) is 0 Å². The Morgan fingerprint density at radius 1 is 1.03 bits per heavy atom. The van der Waals surface area contributed by atoms with Gasteiger partial charge in [0.15, 0.2) is 0 Å². The molecule has 9 heteroatoms. The molecule has 2 atom stereocenters. The van der Waals surface area contributed by atoms with Crippen LogP contribution in [-0.4, -0.2) is 65.4 Å². The minimum Gasteiger partial charge on any atom is -0.378 e. The van der Waals surface area contributed by atoms with Crippen LogP contribution >= 0.6 is 0 Å². The predicted octanol–water partition coefficient (Wildman–Crippen LogP) is 3.45. The van der Waals surface area contributed by atoms with Crippen molar-refractivity contribution in [2.24, 2.45) is 0 Å². The van der Waals surface area contributed by atoms with Gasteiger partial charge in [0.2, 0.25) is 0 Å². The Hall–Kier alpha value is -2.55. The smallest absolute Gasteiger partial charge is 0.378 e. The number of morpholine rings is 1. The highest BCUT2D eigenvalue weighted by atomic mass is 19.4. The predicted molar refractivity (Wildman–Crippen MR) is 99.5 cm³/mol. The van der Waals surface area contributed by atoms with E-state index in [1.165, 1.54) is 12.1 Å². The van der Waals surface area contributed by atoms with Crippen LogP contribution in [0.1, 0.15) is 35.1 Å². The lowest BCUT2D eigenvalue weighted by atomic mass is 9.83. The van der Waals surface area contributed by atoms with Crippen LogP contribution in [0.5, 0.6) is 0 Å². The van der Waals surface area contributed by atoms with Crippen LogP contribution in [0.15, 0.2) is 36.5 Å². The van der Waals surface area contributed by atoms with E-state index in [2.05, 4.69) is 10.2 Å². The molecular formula is C20H23F3N4O2. The number of hydrogen-bond donors (Lipinski definition) is 1. The van der Waals surface area contributed by atoms with Gasteiger partial charge in [-0.25, -0.2) is 4.79 Å². The number of nitrogens with zero attached hydrogens (tertiary/aromatic N) is 3. The molecule has 4 rings (SSSR count). The number of rotatable bonds is 2. The van der Waals surface area contributed by atoms with E-state index < -0.39 is 11.7 Å². The first kappa shape index (κ1) is 19.8. The van der Waals surface area contributed by atoms with Gasteiger partial charge in [-0.05, 0) is 30.2 Å². The summed E-state index contributed by atoms with van der Waals surface area (Å²) in [5, 5.41) is 6.99. The molecule has 0 bridgehead atoms. The molecule has 2 amide bonds.